The number of hydrogen-bond acceptors (Lipinski definition) is 3. The molecule has 0 bridgehead atoms. The maximum absolute atomic E-state index is 13.3. The Balaban J connectivity index is 3.26. The normalized spacial score (nSPS) is 12.4. The van der Waals surface area contributed by atoms with E-state index in [1.807, 2.05) is 0 Å². The monoisotopic (exact) mass is 281 g/mol. The zero-order valence-electron chi connectivity index (χ0n) is 12.2. The van der Waals surface area contributed by atoms with Gasteiger partial charge in [0.15, 0.2) is 0 Å². The molecule has 4 nitrogen and oxygen atoms in total. The number of rotatable bonds is 3. The molecule has 0 aliphatic heterocycles. The highest BCUT2D eigenvalue weighted by atomic mass is 19.1. The van der Waals surface area contributed by atoms with Gasteiger partial charge in [-0.2, -0.15) is 0 Å². The van der Waals surface area contributed by atoms with Gasteiger partial charge in [-0.1, -0.05) is 6.58 Å². The first-order valence-electron chi connectivity index (χ1n) is 6.24. The molecule has 1 aromatic rings. The zero-order chi connectivity index (χ0) is 15.5. The Labute approximate surface area is 118 Å². The number of aliphatic hydroxyl groups is 1. The van der Waals surface area contributed by atoms with Crippen LogP contribution in [0.15, 0.2) is 24.5 Å². The quantitative estimate of drug-likeness (QED) is 0.862. The summed E-state index contributed by atoms with van der Waals surface area (Å²) in [6, 6.07) is 1.54. The molecule has 0 unspecified atom stereocenters. The van der Waals surface area contributed by atoms with E-state index in [9.17, 15) is 14.3 Å². The van der Waals surface area contributed by atoms with Gasteiger partial charge in [-0.3, -0.25) is 4.57 Å². The molecular formula is C15H20FNO3. The number of halogens is 1. The minimum Gasteiger partial charge on any atom is -0.443 e. The van der Waals surface area contributed by atoms with Crippen LogP contribution in [0.25, 0.3) is 6.08 Å². The van der Waals surface area contributed by atoms with Gasteiger partial charge in [0.05, 0.1) is 12.3 Å². The van der Waals surface area contributed by atoms with Crippen LogP contribution in [-0.2, 0) is 11.3 Å². The molecule has 0 fully saturated rings. The number of carbonyl (C=O) groups is 1. The first kappa shape index (κ1) is 16.2. The third-order valence-corrected chi connectivity index (χ3v) is 2.59. The lowest BCUT2D eigenvalue weighted by atomic mass is 10.2. The fraction of sp³-hybridized carbons (Fsp3) is 0.400. The predicted octanol–water partition coefficient (Wildman–Crippen LogP) is 3.57. The average Bonchev–Trinajstić information content (AvgIpc) is 2.64. The molecule has 1 rings (SSSR count). The molecule has 0 saturated heterocycles. The highest BCUT2D eigenvalue weighted by molar-refractivity contribution is 5.75. The Kier molecular flexibility index (Phi) is 4.89. The van der Waals surface area contributed by atoms with Crippen molar-refractivity contribution in [1.29, 1.82) is 0 Å². The van der Waals surface area contributed by atoms with E-state index in [-0.39, 0.29) is 6.61 Å². The molecule has 0 spiro atoms. The lowest BCUT2D eigenvalue weighted by molar-refractivity contribution is 0.0522. The third-order valence-electron chi connectivity index (χ3n) is 2.59. The van der Waals surface area contributed by atoms with Crippen molar-refractivity contribution in [3.8, 4) is 0 Å². The minimum atomic E-state index is -0.650. The van der Waals surface area contributed by atoms with E-state index >= 15 is 0 Å². The van der Waals surface area contributed by atoms with Crippen LogP contribution >= 0.6 is 0 Å². The van der Waals surface area contributed by atoms with Crippen molar-refractivity contribution in [3.63, 3.8) is 0 Å². The molecule has 5 heteroatoms. The standard InChI is InChI=1S/C15H20FNO3/c1-6-12(16)7-11-8-13(9-18)17(10(11)2)14(19)20-15(3,4)5/h6-8,18H,1,9H2,2-5H3/b12-7+. The number of hydrogen-bond donors (Lipinski definition) is 1. The number of ether oxygens (including phenoxy) is 1. The van der Waals surface area contributed by atoms with Crippen molar-refractivity contribution in [2.24, 2.45) is 0 Å². The predicted molar refractivity (Wildman–Crippen MR) is 76.0 cm³/mol. The summed E-state index contributed by atoms with van der Waals surface area (Å²) >= 11 is 0. The molecule has 0 aliphatic rings. The zero-order valence-corrected chi connectivity index (χ0v) is 12.2. The lowest BCUT2D eigenvalue weighted by Gasteiger charge is -2.21. The second kappa shape index (κ2) is 6.05. The summed E-state index contributed by atoms with van der Waals surface area (Å²) in [5, 5.41) is 9.33. The van der Waals surface area contributed by atoms with E-state index in [2.05, 4.69) is 6.58 Å². The maximum Gasteiger partial charge on any atom is 0.419 e. The molecule has 0 atom stereocenters. The van der Waals surface area contributed by atoms with E-state index in [0.29, 0.717) is 17.0 Å². The van der Waals surface area contributed by atoms with Gasteiger partial charge in [-0.05, 0) is 51.5 Å². The van der Waals surface area contributed by atoms with Crippen molar-refractivity contribution in [2.75, 3.05) is 0 Å². The largest absolute Gasteiger partial charge is 0.443 e. The van der Waals surface area contributed by atoms with Crippen LogP contribution in [0, 0.1) is 6.92 Å². The van der Waals surface area contributed by atoms with Crippen molar-refractivity contribution in [2.45, 2.75) is 39.9 Å². The van der Waals surface area contributed by atoms with Crippen LogP contribution in [-0.4, -0.2) is 21.4 Å². The number of carbonyl (C=O) groups excluding carboxylic acids is 1. The van der Waals surface area contributed by atoms with Gasteiger partial charge in [-0.25, -0.2) is 9.18 Å². The van der Waals surface area contributed by atoms with Crippen molar-refractivity contribution in [1.82, 2.24) is 4.57 Å². The maximum atomic E-state index is 13.3. The Morgan fingerprint density at radius 3 is 2.60 bits per heavy atom. The summed E-state index contributed by atoms with van der Waals surface area (Å²) < 4.78 is 19.8. The van der Waals surface area contributed by atoms with Crippen LogP contribution in [0.4, 0.5) is 9.18 Å². The summed E-state index contributed by atoms with van der Waals surface area (Å²) in [6.07, 6.45) is 1.73. The summed E-state index contributed by atoms with van der Waals surface area (Å²) in [4.78, 5) is 12.1. The van der Waals surface area contributed by atoms with Gasteiger partial charge in [0, 0.05) is 5.69 Å². The molecule has 0 amide bonds. The molecule has 0 aromatic carbocycles. The Hall–Kier alpha value is -1.88. The summed E-state index contributed by atoms with van der Waals surface area (Å²) in [5.41, 5.74) is 0.695. The fourth-order valence-corrected chi connectivity index (χ4v) is 1.72. The number of aromatic nitrogens is 1. The lowest BCUT2D eigenvalue weighted by Crippen LogP contribution is -2.28. The van der Waals surface area contributed by atoms with Crippen LogP contribution in [0.3, 0.4) is 0 Å². The fourth-order valence-electron chi connectivity index (χ4n) is 1.72. The molecule has 1 N–H and O–H groups in total. The van der Waals surface area contributed by atoms with E-state index in [0.717, 1.165) is 6.08 Å². The minimum absolute atomic E-state index is 0.344. The topological polar surface area (TPSA) is 51.5 Å². The van der Waals surface area contributed by atoms with E-state index in [1.54, 1.807) is 33.8 Å². The molecular weight excluding hydrogens is 261 g/mol. The summed E-state index contributed by atoms with van der Waals surface area (Å²) in [7, 11) is 0. The van der Waals surface area contributed by atoms with Gasteiger partial charge in [0.25, 0.3) is 0 Å². The van der Waals surface area contributed by atoms with E-state index < -0.39 is 17.5 Å². The van der Waals surface area contributed by atoms with Crippen molar-refractivity contribution in [3.05, 3.63) is 41.5 Å². The molecule has 1 heterocycles. The van der Waals surface area contributed by atoms with Gasteiger partial charge >= 0.3 is 6.09 Å². The van der Waals surface area contributed by atoms with Gasteiger partial charge in [0.2, 0.25) is 0 Å². The van der Waals surface area contributed by atoms with E-state index in [1.165, 1.54) is 10.6 Å². The Morgan fingerprint density at radius 1 is 1.55 bits per heavy atom. The number of allylic oxidation sites excluding steroid dienone is 2. The highest BCUT2D eigenvalue weighted by Crippen LogP contribution is 2.21. The first-order chi connectivity index (χ1) is 9.19. The van der Waals surface area contributed by atoms with Crippen LogP contribution in [0.2, 0.25) is 0 Å². The van der Waals surface area contributed by atoms with Crippen LogP contribution in [0.1, 0.15) is 37.7 Å². The van der Waals surface area contributed by atoms with Gasteiger partial charge < -0.3 is 9.84 Å². The van der Waals surface area contributed by atoms with Gasteiger partial charge in [0.1, 0.15) is 11.4 Å². The third kappa shape index (κ3) is 3.81. The summed E-state index contributed by atoms with van der Waals surface area (Å²) in [5.74, 6) is -0.515. The Bertz CT molecular complexity index is 550. The number of aliphatic hydroxyl groups excluding tert-OH is 1. The second-order valence-electron chi connectivity index (χ2n) is 5.38. The molecule has 20 heavy (non-hydrogen) atoms. The van der Waals surface area contributed by atoms with Crippen LogP contribution < -0.4 is 0 Å². The molecule has 0 saturated carbocycles. The summed E-state index contributed by atoms with van der Waals surface area (Å²) in [6.45, 7) is 9.89. The molecule has 1 aromatic heterocycles. The SMILES string of the molecule is C=C/C(F)=C\c1cc(CO)n(C(=O)OC(C)(C)C)c1C. The molecule has 0 aliphatic carbocycles. The van der Waals surface area contributed by atoms with Crippen LogP contribution in [0.5, 0.6) is 0 Å². The van der Waals surface area contributed by atoms with Crippen molar-refractivity contribution >= 4 is 12.2 Å². The molecule has 110 valence electrons. The van der Waals surface area contributed by atoms with E-state index in [4.69, 9.17) is 4.74 Å². The number of nitrogens with zero attached hydrogens (tertiary/aromatic N) is 1. The highest BCUT2D eigenvalue weighted by Gasteiger charge is 2.22. The van der Waals surface area contributed by atoms with Gasteiger partial charge in [-0.15, -0.1) is 0 Å². The Morgan fingerprint density at radius 2 is 2.15 bits per heavy atom. The molecule has 0 radical (unpaired) electrons. The second-order valence-corrected chi connectivity index (χ2v) is 5.38. The van der Waals surface area contributed by atoms with Crippen molar-refractivity contribution < 1.29 is 19.0 Å². The smallest absolute Gasteiger partial charge is 0.419 e. The first-order valence-corrected chi connectivity index (χ1v) is 6.24. The average molecular weight is 281 g/mol.